The van der Waals surface area contributed by atoms with Crippen LogP contribution in [-0.2, 0) is 9.53 Å². The van der Waals surface area contributed by atoms with Crippen LogP contribution < -0.4 is 5.73 Å². The Bertz CT molecular complexity index is 130. The normalized spacial score (nSPS) is 10.6. The van der Waals surface area contributed by atoms with Crippen LogP contribution in [0.4, 0.5) is 0 Å². The van der Waals surface area contributed by atoms with Crippen molar-refractivity contribution in [2.45, 2.75) is 6.42 Å². The maximum Gasteiger partial charge on any atom is 0.304 e. The molecule has 0 atom stereocenters. The number of methoxy groups -OCH3 is 1. The summed E-state index contributed by atoms with van der Waals surface area (Å²) in [5.41, 5.74) is 5.38. The van der Waals surface area contributed by atoms with E-state index in [9.17, 15) is 4.79 Å². The number of ether oxygens (including phenoxy) is 1. The van der Waals surface area contributed by atoms with E-state index < -0.39 is 5.97 Å². The minimum atomic E-state index is -0.800. The van der Waals surface area contributed by atoms with Crippen molar-refractivity contribution in [1.29, 1.82) is 0 Å². The number of carboxylic acids is 1. The lowest BCUT2D eigenvalue weighted by atomic mass is 10.4. The Morgan fingerprint density at radius 1 is 1.58 bits per heavy atom. The lowest BCUT2D eigenvalue weighted by Gasteiger charge is -2.17. The number of hydrogen-bond donors (Lipinski definition) is 2. The Hall–Kier alpha value is -0.650. The predicted molar refractivity (Wildman–Crippen MR) is 44.8 cm³/mol. The van der Waals surface area contributed by atoms with Gasteiger partial charge in [0.2, 0.25) is 0 Å². The Morgan fingerprint density at radius 3 is 2.67 bits per heavy atom. The highest BCUT2D eigenvalue weighted by molar-refractivity contribution is 5.66. The van der Waals surface area contributed by atoms with Gasteiger partial charge in [-0.2, -0.15) is 0 Å². The first-order chi connectivity index (χ1) is 5.70. The van der Waals surface area contributed by atoms with Gasteiger partial charge in [-0.05, 0) is 0 Å². The monoisotopic (exact) mass is 176 g/mol. The van der Waals surface area contributed by atoms with E-state index in [1.54, 1.807) is 7.11 Å². The van der Waals surface area contributed by atoms with Gasteiger partial charge in [-0.1, -0.05) is 0 Å². The highest BCUT2D eigenvalue weighted by Crippen LogP contribution is 1.88. The van der Waals surface area contributed by atoms with Gasteiger partial charge in [0, 0.05) is 26.9 Å². The molecule has 0 saturated heterocycles. The van der Waals surface area contributed by atoms with Crippen molar-refractivity contribution < 1.29 is 14.6 Å². The van der Waals surface area contributed by atoms with Crippen LogP contribution in [0.5, 0.6) is 0 Å². The second-order valence-corrected chi connectivity index (χ2v) is 2.44. The molecule has 12 heavy (non-hydrogen) atoms. The van der Waals surface area contributed by atoms with Crippen molar-refractivity contribution in [1.82, 2.24) is 4.90 Å². The summed E-state index contributed by atoms with van der Waals surface area (Å²) in [5.74, 6) is -0.800. The van der Waals surface area contributed by atoms with Crippen molar-refractivity contribution in [3.8, 4) is 0 Å². The zero-order valence-electron chi connectivity index (χ0n) is 7.32. The molecule has 72 valence electrons. The third kappa shape index (κ3) is 6.09. The zero-order chi connectivity index (χ0) is 9.40. The lowest BCUT2D eigenvalue weighted by molar-refractivity contribution is -0.137. The van der Waals surface area contributed by atoms with Crippen LogP contribution >= 0.6 is 0 Å². The molecule has 0 unspecified atom stereocenters. The van der Waals surface area contributed by atoms with Crippen molar-refractivity contribution in [3.05, 3.63) is 0 Å². The molecular formula is C7H16N2O3. The third-order valence-electron chi connectivity index (χ3n) is 1.51. The highest BCUT2D eigenvalue weighted by atomic mass is 16.5. The molecule has 0 spiro atoms. The molecule has 0 aliphatic heterocycles. The topological polar surface area (TPSA) is 75.8 Å². The van der Waals surface area contributed by atoms with Gasteiger partial charge < -0.3 is 15.6 Å². The summed E-state index contributed by atoms with van der Waals surface area (Å²) < 4.78 is 4.84. The van der Waals surface area contributed by atoms with Crippen molar-refractivity contribution in [3.63, 3.8) is 0 Å². The van der Waals surface area contributed by atoms with Crippen LogP contribution in [0.3, 0.4) is 0 Å². The van der Waals surface area contributed by atoms with Crippen LogP contribution in [0.2, 0.25) is 0 Å². The van der Waals surface area contributed by atoms with E-state index in [4.69, 9.17) is 15.6 Å². The molecule has 0 radical (unpaired) electrons. The Kier molecular flexibility index (Phi) is 6.64. The first kappa shape index (κ1) is 11.4. The van der Waals surface area contributed by atoms with Crippen LogP contribution in [0.15, 0.2) is 0 Å². The molecule has 0 aliphatic rings. The number of rotatable bonds is 7. The van der Waals surface area contributed by atoms with Gasteiger partial charge in [0.05, 0.1) is 13.0 Å². The third-order valence-corrected chi connectivity index (χ3v) is 1.51. The van der Waals surface area contributed by atoms with E-state index in [2.05, 4.69) is 0 Å². The number of aliphatic carboxylic acids is 1. The van der Waals surface area contributed by atoms with E-state index in [1.807, 2.05) is 4.90 Å². The molecule has 0 aliphatic carbocycles. The van der Waals surface area contributed by atoms with Gasteiger partial charge >= 0.3 is 5.97 Å². The Labute approximate surface area is 72.1 Å². The number of carboxylic acid groups (broad SMARTS) is 1. The molecule has 5 nitrogen and oxygen atoms in total. The summed E-state index contributed by atoms with van der Waals surface area (Å²) >= 11 is 0. The zero-order valence-corrected chi connectivity index (χ0v) is 7.32. The van der Waals surface area contributed by atoms with E-state index in [1.165, 1.54) is 0 Å². The number of nitrogens with two attached hydrogens (primary N) is 1. The van der Waals surface area contributed by atoms with Crippen LogP contribution in [0.25, 0.3) is 0 Å². The fourth-order valence-corrected chi connectivity index (χ4v) is 0.769. The fraction of sp³-hybridized carbons (Fsp3) is 0.857. The standard InChI is InChI=1S/C7H16N2O3/c1-12-5-4-9(6-8)3-2-7(10)11/h2-6,8H2,1H3,(H,10,11). The number of nitrogens with zero attached hydrogens (tertiary/aromatic N) is 1. The predicted octanol–water partition coefficient (Wildman–Crippen LogP) is -0.674. The Balaban J connectivity index is 3.45. The molecular weight excluding hydrogens is 160 g/mol. The molecule has 0 fully saturated rings. The quantitative estimate of drug-likeness (QED) is 0.503. The molecule has 0 rings (SSSR count). The first-order valence-corrected chi connectivity index (χ1v) is 3.84. The smallest absolute Gasteiger partial charge is 0.304 e. The van der Waals surface area contributed by atoms with Crippen molar-refractivity contribution in [2.75, 3.05) is 33.5 Å². The maximum atomic E-state index is 10.2. The molecule has 0 amide bonds. The second-order valence-electron chi connectivity index (χ2n) is 2.44. The van der Waals surface area contributed by atoms with Crippen molar-refractivity contribution in [2.24, 2.45) is 5.73 Å². The SMILES string of the molecule is COCCN(CN)CCC(=O)O. The average molecular weight is 176 g/mol. The van der Waals surface area contributed by atoms with Gasteiger partial charge in [-0.25, -0.2) is 0 Å². The second kappa shape index (κ2) is 7.02. The van der Waals surface area contributed by atoms with E-state index in [0.29, 0.717) is 26.4 Å². The minimum absolute atomic E-state index is 0.126. The van der Waals surface area contributed by atoms with E-state index >= 15 is 0 Å². The first-order valence-electron chi connectivity index (χ1n) is 3.84. The number of carbonyl (C=O) groups is 1. The molecule has 0 heterocycles. The van der Waals surface area contributed by atoms with Gasteiger partial charge in [0.15, 0.2) is 0 Å². The lowest BCUT2D eigenvalue weighted by Crippen LogP contribution is -2.34. The largest absolute Gasteiger partial charge is 0.481 e. The van der Waals surface area contributed by atoms with Gasteiger partial charge in [-0.15, -0.1) is 0 Å². The molecule has 3 N–H and O–H groups in total. The van der Waals surface area contributed by atoms with Crippen LogP contribution in [0, 0.1) is 0 Å². The average Bonchev–Trinajstić information content (AvgIpc) is 2.05. The van der Waals surface area contributed by atoms with Gasteiger partial charge in [0.25, 0.3) is 0 Å². The van der Waals surface area contributed by atoms with Gasteiger partial charge in [0.1, 0.15) is 0 Å². The molecule has 0 aromatic rings. The summed E-state index contributed by atoms with van der Waals surface area (Å²) in [6.45, 7) is 2.11. The Morgan fingerprint density at radius 2 is 2.25 bits per heavy atom. The summed E-state index contributed by atoms with van der Waals surface area (Å²) in [7, 11) is 1.60. The van der Waals surface area contributed by atoms with Gasteiger partial charge in [-0.3, -0.25) is 9.69 Å². The summed E-state index contributed by atoms with van der Waals surface area (Å²) in [6.07, 6.45) is 0.126. The molecule has 0 aromatic carbocycles. The molecule has 0 saturated carbocycles. The summed E-state index contributed by atoms with van der Waals surface area (Å²) in [5, 5.41) is 8.38. The molecule has 5 heteroatoms. The molecule has 0 aromatic heterocycles. The summed E-state index contributed by atoms with van der Waals surface area (Å²) in [6, 6.07) is 0. The van der Waals surface area contributed by atoms with Crippen molar-refractivity contribution >= 4 is 5.97 Å². The highest BCUT2D eigenvalue weighted by Gasteiger charge is 2.04. The fourth-order valence-electron chi connectivity index (χ4n) is 0.769. The van der Waals surface area contributed by atoms with Crippen LogP contribution in [0.1, 0.15) is 6.42 Å². The van der Waals surface area contributed by atoms with E-state index in [0.717, 1.165) is 0 Å². The minimum Gasteiger partial charge on any atom is -0.481 e. The van der Waals surface area contributed by atoms with Crippen LogP contribution in [-0.4, -0.2) is 49.5 Å². The molecule has 0 bridgehead atoms. The summed E-state index contributed by atoms with van der Waals surface area (Å²) in [4.78, 5) is 12.0. The number of hydrogen-bond acceptors (Lipinski definition) is 4. The van der Waals surface area contributed by atoms with E-state index in [-0.39, 0.29) is 6.42 Å². The maximum absolute atomic E-state index is 10.2.